The number of anilines is 1. The van der Waals surface area contributed by atoms with Crippen LogP contribution in [0.1, 0.15) is 12.5 Å². The summed E-state index contributed by atoms with van der Waals surface area (Å²) in [5, 5.41) is 0. The van der Waals surface area contributed by atoms with E-state index in [-0.39, 0.29) is 6.04 Å². The summed E-state index contributed by atoms with van der Waals surface area (Å²) in [6.07, 6.45) is -3.97. The molecule has 0 saturated heterocycles. The van der Waals surface area contributed by atoms with E-state index in [4.69, 9.17) is 5.73 Å². The first-order valence-corrected chi connectivity index (χ1v) is 5.51. The van der Waals surface area contributed by atoms with Crippen LogP contribution in [0.25, 0.3) is 0 Å². The fourth-order valence-corrected chi connectivity index (χ4v) is 1.79. The number of rotatable bonds is 4. The summed E-state index contributed by atoms with van der Waals surface area (Å²) in [5.41, 5.74) is 6.44. The van der Waals surface area contributed by atoms with Crippen molar-refractivity contribution in [3.63, 3.8) is 0 Å². The van der Waals surface area contributed by atoms with Gasteiger partial charge in [0.15, 0.2) is 0 Å². The Labute approximate surface area is 103 Å². The lowest BCUT2D eigenvalue weighted by Gasteiger charge is -2.24. The first-order chi connectivity index (χ1) is 8.19. The number of alkyl halides is 3. The zero-order chi connectivity index (χ0) is 13.9. The Hall–Kier alpha value is -1.30. The zero-order valence-electron chi connectivity index (χ0n) is 10.3. The van der Waals surface area contributed by atoms with Crippen LogP contribution in [0.4, 0.5) is 23.2 Å². The second-order valence-electron chi connectivity index (χ2n) is 4.43. The smallest absolute Gasteiger partial charge is 0.365 e. The third-order valence-corrected chi connectivity index (χ3v) is 2.41. The minimum Gasteiger partial charge on any atom is -0.365 e. The molecule has 0 saturated carbocycles. The van der Waals surface area contributed by atoms with Gasteiger partial charge in [0.1, 0.15) is 12.4 Å². The zero-order valence-corrected chi connectivity index (χ0v) is 10.3. The number of hydrogen-bond acceptors (Lipinski definition) is 2. The topological polar surface area (TPSA) is 29.3 Å². The largest absolute Gasteiger partial charge is 0.405 e. The van der Waals surface area contributed by atoms with E-state index in [1.54, 1.807) is 6.92 Å². The van der Waals surface area contributed by atoms with Crippen molar-refractivity contribution < 1.29 is 17.6 Å². The van der Waals surface area contributed by atoms with E-state index in [0.717, 1.165) is 11.0 Å². The van der Waals surface area contributed by atoms with Gasteiger partial charge >= 0.3 is 6.18 Å². The second kappa shape index (κ2) is 5.56. The summed E-state index contributed by atoms with van der Waals surface area (Å²) in [6, 6.07) is 3.47. The summed E-state index contributed by atoms with van der Waals surface area (Å²) in [6.45, 7) is 0.642. The van der Waals surface area contributed by atoms with Gasteiger partial charge in [0.05, 0.1) is 0 Å². The molecule has 0 spiro atoms. The molecule has 0 aliphatic carbocycles. The van der Waals surface area contributed by atoms with Gasteiger partial charge in [-0.05, 0) is 37.1 Å². The van der Waals surface area contributed by atoms with E-state index in [1.807, 2.05) is 0 Å². The Bertz CT molecular complexity index is 402. The molecule has 1 rings (SSSR count). The first kappa shape index (κ1) is 14.8. The molecule has 102 valence electrons. The summed E-state index contributed by atoms with van der Waals surface area (Å²) in [7, 11) is 1.32. The Morgan fingerprint density at radius 1 is 1.33 bits per heavy atom. The van der Waals surface area contributed by atoms with Crippen molar-refractivity contribution in [3.05, 3.63) is 29.6 Å². The predicted octanol–water partition coefficient (Wildman–Crippen LogP) is 2.71. The quantitative estimate of drug-likeness (QED) is 0.847. The molecule has 1 aromatic rings. The molecule has 1 aromatic carbocycles. The minimum absolute atomic E-state index is 0.246. The summed E-state index contributed by atoms with van der Waals surface area (Å²) < 4.78 is 50.1. The molecular weight excluding hydrogens is 248 g/mol. The van der Waals surface area contributed by atoms with Crippen LogP contribution in [0, 0.1) is 5.82 Å². The maximum absolute atomic E-state index is 13.1. The molecule has 1 unspecified atom stereocenters. The lowest BCUT2D eigenvalue weighted by molar-refractivity contribution is -0.119. The average molecular weight is 264 g/mol. The van der Waals surface area contributed by atoms with E-state index in [1.165, 1.54) is 19.2 Å². The SMILES string of the molecule is CC(N)Cc1cc(F)ccc1N(C)CC(F)(F)F. The molecule has 2 N–H and O–H groups in total. The molecule has 6 heteroatoms. The summed E-state index contributed by atoms with van der Waals surface area (Å²) in [5.74, 6) is -0.477. The van der Waals surface area contributed by atoms with Crippen LogP contribution in [0.3, 0.4) is 0 Å². The standard InChI is InChI=1S/C12H16F4N2/c1-8(17)5-9-6-10(13)3-4-11(9)18(2)7-12(14,15)16/h3-4,6,8H,5,7,17H2,1-2H3. The average Bonchev–Trinajstić information content (AvgIpc) is 2.13. The van der Waals surface area contributed by atoms with Gasteiger partial charge in [0, 0.05) is 18.8 Å². The molecule has 0 radical (unpaired) electrons. The van der Waals surface area contributed by atoms with Crippen LogP contribution < -0.4 is 10.6 Å². The van der Waals surface area contributed by atoms with Crippen LogP contribution in [0.5, 0.6) is 0 Å². The molecule has 0 aliphatic rings. The van der Waals surface area contributed by atoms with Crippen molar-refractivity contribution in [2.24, 2.45) is 5.73 Å². The van der Waals surface area contributed by atoms with Gasteiger partial charge in [-0.25, -0.2) is 4.39 Å². The van der Waals surface area contributed by atoms with E-state index in [0.29, 0.717) is 17.7 Å². The molecule has 0 aromatic heterocycles. The molecule has 0 amide bonds. The van der Waals surface area contributed by atoms with Crippen LogP contribution in [0.15, 0.2) is 18.2 Å². The molecule has 0 aliphatic heterocycles. The highest BCUT2D eigenvalue weighted by Crippen LogP contribution is 2.25. The number of halogens is 4. The normalized spacial score (nSPS) is 13.5. The van der Waals surface area contributed by atoms with Gasteiger partial charge in [-0.1, -0.05) is 0 Å². The molecule has 0 bridgehead atoms. The summed E-state index contributed by atoms with van der Waals surface area (Å²) in [4.78, 5) is 1.05. The van der Waals surface area contributed by atoms with Gasteiger partial charge < -0.3 is 10.6 Å². The fraction of sp³-hybridized carbons (Fsp3) is 0.500. The number of nitrogens with two attached hydrogens (primary N) is 1. The Morgan fingerprint density at radius 2 is 1.94 bits per heavy atom. The van der Waals surface area contributed by atoms with Gasteiger partial charge in [0.2, 0.25) is 0 Å². The number of benzene rings is 1. The molecular formula is C12H16F4N2. The molecule has 2 nitrogen and oxygen atoms in total. The highest BCUT2D eigenvalue weighted by Gasteiger charge is 2.30. The fourth-order valence-electron chi connectivity index (χ4n) is 1.79. The van der Waals surface area contributed by atoms with Gasteiger partial charge in [-0.15, -0.1) is 0 Å². The van der Waals surface area contributed by atoms with Gasteiger partial charge in [-0.2, -0.15) is 13.2 Å². The van der Waals surface area contributed by atoms with E-state index >= 15 is 0 Å². The van der Waals surface area contributed by atoms with Crippen LogP contribution in [-0.2, 0) is 6.42 Å². The van der Waals surface area contributed by atoms with E-state index < -0.39 is 18.5 Å². The first-order valence-electron chi connectivity index (χ1n) is 5.51. The van der Waals surface area contributed by atoms with E-state index in [2.05, 4.69) is 0 Å². The lowest BCUT2D eigenvalue weighted by Crippen LogP contribution is -2.32. The van der Waals surface area contributed by atoms with Gasteiger partial charge in [0.25, 0.3) is 0 Å². The highest BCUT2D eigenvalue weighted by molar-refractivity contribution is 5.53. The van der Waals surface area contributed by atoms with Gasteiger partial charge in [-0.3, -0.25) is 0 Å². The molecule has 0 fully saturated rings. The minimum atomic E-state index is -4.30. The lowest BCUT2D eigenvalue weighted by atomic mass is 10.0. The van der Waals surface area contributed by atoms with Crippen molar-refractivity contribution in [3.8, 4) is 0 Å². The van der Waals surface area contributed by atoms with Crippen LogP contribution in [0.2, 0.25) is 0 Å². The van der Waals surface area contributed by atoms with Crippen LogP contribution in [-0.4, -0.2) is 25.8 Å². The van der Waals surface area contributed by atoms with Crippen molar-refractivity contribution >= 4 is 5.69 Å². The molecule has 0 heterocycles. The number of nitrogens with zero attached hydrogens (tertiary/aromatic N) is 1. The Balaban J connectivity index is 2.99. The number of hydrogen-bond donors (Lipinski definition) is 1. The maximum atomic E-state index is 13.1. The Morgan fingerprint density at radius 3 is 2.44 bits per heavy atom. The van der Waals surface area contributed by atoms with Crippen molar-refractivity contribution in [2.75, 3.05) is 18.5 Å². The highest BCUT2D eigenvalue weighted by atomic mass is 19.4. The van der Waals surface area contributed by atoms with Crippen molar-refractivity contribution in [1.29, 1.82) is 0 Å². The second-order valence-corrected chi connectivity index (χ2v) is 4.43. The Kier molecular flexibility index (Phi) is 4.56. The maximum Gasteiger partial charge on any atom is 0.405 e. The third kappa shape index (κ3) is 4.52. The van der Waals surface area contributed by atoms with E-state index in [9.17, 15) is 17.6 Å². The molecule has 1 atom stereocenters. The van der Waals surface area contributed by atoms with Crippen molar-refractivity contribution in [2.45, 2.75) is 25.6 Å². The third-order valence-electron chi connectivity index (χ3n) is 2.41. The van der Waals surface area contributed by atoms with Crippen LogP contribution >= 0.6 is 0 Å². The predicted molar refractivity (Wildman–Crippen MR) is 63.1 cm³/mol. The summed E-state index contributed by atoms with van der Waals surface area (Å²) >= 11 is 0. The molecule has 18 heavy (non-hydrogen) atoms. The van der Waals surface area contributed by atoms with Crippen molar-refractivity contribution in [1.82, 2.24) is 0 Å². The monoisotopic (exact) mass is 264 g/mol.